The standard InChI is InChI=1S/C15H18N2O4/c1-4-21-11-7-5-10(6-8-11)9-12-13(18)16(2)15(20)17(3)14(12)19/h5-8,12H,4,9H2,1-3H3. The summed E-state index contributed by atoms with van der Waals surface area (Å²) in [5, 5.41) is 0. The molecule has 2 rings (SSSR count). The number of nitrogens with zero attached hydrogens (tertiary/aromatic N) is 2. The van der Waals surface area contributed by atoms with Crippen molar-refractivity contribution in [2.75, 3.05) is 20.7 Å². The van der Waals surface area contributed by atoms with E-state index in [9.17, 15) is 14.4 Å². The lowest BCUT2D eigenvalue weighted by Crippen LogP contribution is -2.57. The van der Waals surface area contributed by atoms with Gasteiger partial charge in [0.2, 0.25) is 11.8 Å². The quantitative estimate of drug-likeness (QED) is 0.784. The van der Waals surface area contributed by atoms with Gasteiger partial charge in [-0.15, -0.1) is 0 Å². The Morgan fingerprint density at radius 1 is 1.00 bits per heavy atom. The first-order valence-corrected chi connectivity index (χ1v) is 6.76. The van der Waals surface area contributed by atoms with Crippen LogP contribution >= 0.6 is 0 Å². The van der Waals surface area contributed by atoms with E-state index in [1.807, 2.05) is 19.1 Å². The number of amides is 4. The SMILES string of the molecule is CCOc1ccc(CC2C(=O)N(C)C(=O)N(C)C2=O)cc1. The number of carbonyl (C=O) groups is 3. The summed E-state index contributed by atoms with van der Waals surface area (Å²) in [7, 11) is 2.78. The average Bonchev–Trinajstić information content (AvgIpc) is 2.49. The van der Waals surface area contributed by atoms with E-state index in [0.717, 1.165) is 21.1 Å². The fourth-order valence-electron chi connectivity index (χ4n) is 2.29. The summed E-state index contributed by atoms with van der Waals surface area (Å²) in [6, 6.07) is 6.65. The van der Waals surface area contributed by atoms with Gasteiger partial charge in [0.1, 0.15) is 11.7 Å². The molecule has 0 saturated carbocycles. The summed E-state index contributed by atoms with van der Waals surface area (Å²) in [4.78, 5) is 37.8. The first-order valence-electron chi connectivity index (χ1n) is 6.76. The number of ether oxygens (including phenoxy) is 1. The zero-order valence-corrected chi connectivity index (χ0v) is 12.3. The molecule has 4 amide bonds. The monoisotopic (exact) mass is 290 g/mol. The Kier molecular flexibility index (Phi) is 4.26. The normalized spacial score (nSPS) is 16.6. The first kappa shape index (κ1) is 15.0. The lowest BCUT2D eigenvalue weighted by Gasteiger charge is -2.32. The van der Waals surface area contributed by atoms with Gasteiger partial charge in [-0.3, -0.25) is 19.4 Å². The maximum Gasteiger partial charge on any atom is 0.332 e. The Morgan fingerprint density at radius 2 is 1.52 bits per heavy atom. The van der Waals surface area contributed by atoms with E-state index in [0.29, 0.717) is 6.61 Å². The number of benzene rings is 1. The fourth-order valence-corrected chi connectivity index (χ4v) is 2.29. The van der Waals surface area contributed by atoms with Gasteiger partial charge in [0.15, 0.2) is 0 Å². The van der Waals surface area contributed by atoms with Crippen molar-refractivity contribution >= 4 is 17.8 Å². The van der Waals surface area contributed by atoms with Crippen molar-refractivity contribution in [1.29, 1.82) is 0 Å². The third kappa shape index (κ3) is 2.89. The topological polar surface area (TPSA) is 66.9 Å². The number of carbonyl (C=O) groups excluding carboxylic acids is 3. The Balaban J connectivity index is 2.15. The summed E-state index contributed by atoms with van der Waals surface area (Å²) in [6.07, 6.45) is 0.270. The van der Waals surface area contributed by atoms with Crippen LogP contribution in [0, 0.1) is 5.92 Å². The van der Waals surface area contributed by atoms with Gasteiger partial charge in [-0.2, -0.15) is 0 Å². The molecule has 0 unspecified atom stereocenters. The highest BCUT2D eigenvalue weighted by Crippen LogP contribution is 2.21. The molecule has 1 aliphatic rings. The zero-order chi connectivity index (χ0) is 15.6. The van der Waals surface area contributed by atoms with Gasteiger partial charge in [0.25, 0.3) is 0 Å². The van der Waals surface area contributed by atoms with Crippen molar-refractivity contribution < 1.29 is 19.1 Å². The van der Waals surface area contributed by atoms with Crippen LogP contribution < -0.4 is 4.74 Å². The summed E-state index contributed by atoms with van der Waals surface area (Å²) in [6.45, 7) is 2.48. The molecule has 0 radical (unpaired) electrons. The van der Waals surface area contributed by atoms with Gasteiger partial charge in [-0.25, -0.2) is 4.79 Å². The van der Waals surface area contributed by atoms with Crippen LogP contribution in [0.3, 0.4) is 0 Å². The predicted molar refractivity (Wildman–Crippen MR) is 75.7 cm³/mol. The molecule has 1 aliphatic heterocycles. The van der Waals surface area contributed by atoms with Crippen molar-refractivity contribution in [2.24, 2.45) is 5.92 Å². The molecule has 21 heavy (non-hydrogen) atoms. The van der Waals surface area contributed by atoms with E-state index >= 15 is 0 Å². The molecule has 1 heterocycles. The lowest BCUT2D eigenvalue weighted by atomic mass is 9.95. The number of imide groups is 2. The number of hydrogen-bond acceptors (Lipinski definition) is 4. The Hall–Kier alpha value is -2.37. The molecular weight excluding hydrogens is 272 g/mol. The molecular formula is C15H18N2O4. The molecule has 1 aromatic carbocycles. The molecule has 6 nitrogen and oxygen atoms in total. The second kappa shape index (κ2) is 5.95. The van der Waals surface area contributed by atoms with Gasteiger partial charge in [0.05, 0.1) is 6.61 Å². The van der Waals surface area contributed by atoms with E-state index < -0.39 is 23.8 Å². The molecule has 0 spiro atoms. The Labute approximate surface area is 123 Å². The van der Waals surface area contributed by atoms with Crippen LogP contribution in [0.2, 0.25) is 0 Å². The van der Waals surface area contributed by atoms with Crippen molar-refractivity contribution in [3.63, 3.8) is 0 Å². The Bertz CT molecular complexity index is 544. The zero-order valence-electron chi connectivity index (χ0n) is 12.3. The van der Waals surface area contributed by atoms with E-state index in [-0.39, 0.29) is 6.42 Å². The maximum atomic E-state index is 12.1. The highest BCUT2D eigenvalue weighted by Gasteiger charge is 2.42. The van der Waals surface area contributed by atoms with Crippen LogP contribution in [0.1, 0.15) is 12.5 Å². The minimum Gasteiger partial charge on any atom is -0.494 e. The fraction of sp³-hybridized carbons (Fsp3) is 0.400. The lowest BCUT2D eigenvalue weighted by molar-refractivity contribution is -0.147. The third-order valence-corrected chi connectivity index (χ3v) is 3.51. The summed E-state index contributed by atoms with van der Waals surface area (Å²) < 4.78 is 5.35. The molecule has 1 aromatic rings. The van der Waals surface area contributed by atoms with E-state index in [1.165, 1.54) is 14.1 Å². The predicted octanol–water partition coefficient (Wildman–Crippen LogP) is 1.29. The molecule has 1 saturated heterocycles. The highest BCUT2D eigenvalue weighted by atomic mass is 16.5. The van der Waals surface area contributed by atoms with Gasteiger partial charge in [-0.1, -0.05) is 12.1 Å². The minimum absolute atomic E-state index is 0.270. The number of hydrogen-bond donors (Lipinski definition) is 0. The van der Waals surface area contributed by atoms with Crippen molar-refractivity contribution in [2.45, 2.75) is 13.3 Å². The number of urea groups is 1. The van der Waals surface area contributed by atoms with Crippen molar-refractivity contribution in [3.8, 4) is 5.75 Å². The molecule has 112 valence electrons. The summed E-state index contributed by atoms with van der Waals surface area (Å²) >= 11 is 0. The minimum atomic E-state index is -0.851. The molecule has 0 atom stereocenters. The van der Waals surface area contributed by atoms with E-state index in [1.54, 1.807) is 12.1 Å². The van der Waals surface area contributed by atoms with Gasteiger partial charge >= 0.3 is 6.03 Å². The largest absolute Gasteiger partial charge is 0.494 e. The van der Waals surface area contributed by atoms with Gasteiger partial charge in [0, 0.05) is 14.1 Å². The van der Waals surface area contributed by atoms with Crippen LogP contribution in [0.15, 0.2) is 24.3 Å². The molecule has 0 bridgehead atoms. The second-order valence-electron chi connectivity index (χ2n) is 4.91. The average molecular weight is 290 g/mol. The third-order valence-electron chi connectivity index (χ3n) is 3.51. The Morgan fingerprint density at radius 3 is 2.00 bits per heavy atom. The highest BCUT2D eigenvalue weighted by molar-refractivity contribution is 6.15. The number of rotatable bonds is 4. The second-order valence-corrected chi connectivity index (χ2v) is 4.91. The summed E-state index contributed by atoms with van der Waals surface area (Å²) in [5.74, 6) is -1.03. The van der Waals surface area contributed by atoms with Crippen LogP contribution in [0.5, 0.6) is 5.75 Å². The number of barbiturate groups is 1. The molecule has 0 aliphatic carbocycles. The van der Waals surface area contributed by atoms with Crippen molar-refractivity contribution in [1.82, 2.24) is 9.80 Å². The first-order chi connectivity index (χ1) is 9.95. The van der Waals surface area contributed by atoms with Crippen LogP contribution in [-0.4, -0.2) is 48.3 Å². The van der Waals surface area contributed by atoms with Gasteiger partial charge in [-0.05, 0) is 31.0 Å². The summed E-state index contributed by atoms with van der Waals surface area (Å²) in [5.41, 5.74) is 0.848. The van der Waals surface area contributed by atoms with Crippen LogP contribution in [0.25, 0.3) is 0 Å². The smallest absolute Gasteiger partial charge is 0.332 e. The molecule has 0 N–H and O–H groups in total. The maximum absolute atomic E-state index is 12.1. The molecule has 0 aromatic heterocycles. The van der Waals surface area contributed by atoms with Crippen LogP contribution in [0.4, 0.5) is 4.79 Å². The van der Waals surface area contributed by atoms with Crippen molar-refractivity contribution in [3.05, 3.63) is 29.8 Å². The van der Waals surface area contributed by atoms with E-state index in [4.69, 9.17) is 4.74 Å². The molecule has 6 heteroatoms. The van der Waals surface area contributed by atoms with Gasteiger partial charge < -0.3 is 4.74 Å². The van der Waals surface area contributed by atoms with Crippen LogP contribution in [-0.2, 0) is 16.0 Å². The molecule has 1 fully saturated rings. The van der Waals surface area contributed by atoms with E-state index in [2.05, 4.69) is 0 Å².